The van der Waals surface area contributed by atoms with Gasteiger partial charge >= 0.3 is 0 Å². The number of aliphatic hydroxyl groups is 1. The van der Waals surface area contributed by atoms with E-state index in [4.69, 9.17) is 0 Å². The molecule has 2 nitrogen and oxygen atoms in total. The smallest absolute Gasteiger partial charge is 0.0775 e. The first-order valence-corrected chi connectivity index (χ1v) is 8.29. The highest BCUT2D eigenvalue weighted by Crippen LogP contribution is 2.38. The van der Waals surface area contributed by atoms with E-state index < -0.39 is 0 Å². The van der Waals surface area contributed by atoms with Gasteiger partial charge in [-0.2, -0.15) is 0 Å². The molecular formula is C17H19NOS. The highest BCUT2D eigenvalue weighted by molar-refractivity contribution is 7.10. The summed E-state index contributed by atoms with van der Waals surface area (Å²) in [7, 11) is 0. The van der Waals surface area contributed by atoms with Crippen LogP contribution >= 0.6 is 11.3 Å². The zero-order valence-corrected chi connectivity index (χ0v) is 12.2. The minimum atomic E-state index is -0.295. The predicted octanol–water partition coefficient (Wildman–Crippen LogP) is 3.37. The molecule has 0 aliphatic heterocycles. The van der Waals surface area contributed by atoms with Gasteiger partial charge in [0.05, 0.1) is 12.1 Å². The average molecular weight is 285 g/mol. The SMILES string of the molecule is OC1Cc2ccccc2C1NC1CCCc2sccc21. The Hall–Kier alpha value is -1.16. The second-order valence-corrected chi connectivity index (χ2v) is 6.86. The van der Waals surface area contributed by atoms with Gasteiger partial charge in [-0.15, -0.1) is 11.3 Å². The van der Waals surface area contributed by atoms with Gasteiger partial charge in [0.25, 0.3) is 0 Å². The zero-order valence-electron chi connectivity index (χ0n) is 11.4. The topological polar surface area (TPSA) is 32.3 Å². The molecule has 4 rings (SSSR count). The first kappa shape index (κ1) is 12.6. The van der Waals surface area contributed by atoms with Crippen LogP contribution in [0.25, 0.3) is 0 Å². The number of aliphatic hydroxyl groups excluding tert-OH is 1. The summed E-state index contributed by atoms with van der Waals surface area (Å²) in [6, 6.07) is 11.2. The predicted molar refractivity (Wildman–Crippen MR) is 82.0 cm³/mol. The number of rotatable bonds is 2. The van der Waals surface area contributed by atoms with Crippen LogP contribution in [0.1, 0.15) is 46.5 Å². The third kappa shape index (κ3) is 2.01. The number of thiophene rings is 1. The maximum atomic E-state index is 10.4. The van der Waals surface area contributed by atoms with Crippen LogP contribution in [-0.2, 0) is 12.8 Å². The molecule has 0 spiro atoms. The largest absolute Gasteiger partial charge is 0.391 e. The molecule has 0 bridgehead atoms. The van der Waals surface area contributed by atoms with Crippen LogP contribution in [0.5, 0.6) is 0 Å². The molecule has 20 heavy (non-hydrogen) atoms. The lowest BCUT2D eigenvalue weighted by Crippen LogP contribution is -2.33. The van der Waals surface area contributed by atoms with Crippen molar-refractivity contribution < 1.29 is 5.11 Å². The van der Waals surface area contributed by atoms with Crippen molar-refractivity contribution in [1.82, 2.24) is 5.32 Å². The summed E-state index contributed by atoms with van der Waals surface area (Å²) in [5, 5.41) is 16.3. The molecule has 2 N–H and O–H groups in total. The minimum absolute atomic E-state index is 0.0852. The monoisotopic (exact) mass is 285 g/mol. The standard InChI is InChI=1S/C17H19NOS/c19-15-10-11-4-1-2-5-12(11)17(15)18-14-6-3-7-16-13(14)8-9-20-16/h1-2,4-5,8-9,14-15,17-19H,3,6-7,10H2. The van der Waals surface area contributed by atoms with Crippen molar-refractivity contribution in [2.45, 2.75) is 43.9 Å². The second kappa shape index (κ2) is 4.99. The molecule has 1 aromatic carbocycles. The Labute approximate surface area is 123 Å². The Morgan fingerprint density at radius 3 is 3.00 bits per heavy atom. The number of nitrogens with one attached hydrogen (secondary N) is 1. The molecule has 1 aromatic heterocycles. The third-order valence-corrected chi connectivity index (χ3v) is 5.63. The second-order valence-electron chi connectivity index (χ2n) is 5.86. The summed E-state index contributed by atoms with van der Waals surface area (Å²) in [4.78, 5) is 1.52. The molecule has 0 saturated carbocycles. The van der Waals surface area contributed by atoms with Gasteiger partial charge in [-0.05, 0) is 47.4 Å². The number of fused-ring (bicyclic) bond motifs is 2. The normalized spacial score (nSPS) is 28.1. The van der Waals surface area contributed by atoms with Crippen LogP contribution in [0.2, 0.25) is 0 Å². The molecular weight excluding hydrogens is 266 g/mol. The Bertz CT molecular complexity index is 621. The van der Waals surface area contributed by atoms with Crippen molar-refractivity contribution in [2.24, 2.45) is 0 Å². The van der Waals surface area contributed by atoms with E-state index in [1.807, 2.05) is 11.3 Å². The van der Waals surface area contributed by atoms with E-state index >= 15 is 0 Å². The Kier molecular flexibility index (Phi) is 3.14. The molecule has 0 saturated heterocycles. The van der Waals surface area contributed by atoms with Crippen LogP contribution in [-0.4, -0.2) is 11.2 Å². The molecule has 1 heterocycles. The van der Waals surface area contributed by atoms with Crippen molar-refractivity contribution in [3.05, 3.63) is 57.3 Å². The summed E-state index contributed by atoms with van der Waals surface area (Å²) in [5.41, 5.74) is 4.03. The minimum Gasteiger partial charge on any atom is -0.391 e. The van der Waals surface area contributed by atoms with Gasteiger partial charge in [0.15, 0.2) is 0 Å². The lowest BCUT2D eigenvalue weighted by atomic mass is 9.92. The summed E-state index contributed by atoms with van der Waals surface area (Å²) in [6.45, 7) is 0. The van der Waals surface area contributed by atoms with E-state index in [9.17, 15) is 5.11 Å². The Morgan fingerprint density at radius 2 is 2.05 bits per heavy atom. The van der Waals surface area contributed by atoms with Gasteiger partial charge in [0, 0.05) is 17.3 Å². The molecule has 2 aliphatic carbocycles. The van der Waals surface area contributed by atoms with Crippen LogP contribution < -0.4 is 5.32 Å². The highest BCUT2D eigenvalue weighted by atomic mass is 32.1. The Balaban J connectivity index is 1.62. The van der Waals surface area contributed by atoms with Gasteiger partial charge in [0.1, 0.15) is 0 Å². The van der Waals surface area contributed by atoms with Crippen LogP contribution in [0.3, 0.4) is 0 Å². The molecule has 104 valence electrons. The third-order valence-electron chi connectivity index (χ3n) is 4.64. The molecule has 2 aliphatic rings. The van der Waals surface area contributed by atoms with E-state index in [0.29, 0.717) is 6.04 Å². The molecule has 2 aromatic rings. The summed E-state index contributed by atoms with van der Waals surface area (Å²) in [5.74, 6) is 0. The van der Waals surface area contributed by atoms with E-state index in [1.54, 1.807) is 0 Å². The van der Waals surface area contributed by atoms with Gasteiger partial charge in [-0.1, -0.05) is 24.3 Å². The number of hydrogen-bond acceptors (Lipinski definition) is 3. The van der Waals surface area contributed by atoms with Gasteiger partial charge in [-0.3, -0.25) is 0 Å². The zero-order chi connectivity index (χ0) is 13.5. The first-order valence-electron chi connectivity index (χ1n) is 7.41. The Morgan fingerprint density at radius 1 is 1.15 bits per heavy atom. The van der Waals surface area contributed by atoms with Crippen molar-refractivity contribution in [3.63, 3.8) is 0 Å². The van der Waals surface area contributed by atoms with Gasteiger partial charge in [-0.25, -0.2) is 0 Å². The maximum absolute atomic E-state index is 10.4. The van der Waals surface area contributed by atoms with Crippen molar-refractivity contribution in [1.29, 1.82) is 0 Å². The van der Waals surface area contributed by atoms with Crippen LogP contribution in [0.4, 0.5) is 0 Å². The van der Waals surface area contributed by atoms with Gasteiger partial charge < -0.3 is 10.4 Å². The van der Waals surface area contributed by atoms with Crippen LogP contribution in [0.15, 0.2) is 35.7 Å². The van der Waals surface area contributed by atoms with E-state index in [1.165, 1.54) is 40.8 Å². The van der Waals surface area contributed by atoms with Crippen molar-refractivity contribution in [2.75, 3.05) is 0 Å². The number of hydrogen-bond donors (Lipinski definition) is 2. The lowest BCUT2D eigenvalue weighted by molar-refractivity contribution is 0.132. The van der Waals surface area contributed by atoms with Gasteiger partial charge in [0.2, 0.25) is 0 Å². The molecule has 0 fully saturated rings. The lowest BCUT2D eigenvalue weighted by Gasteiger charge is -2.29. The molecule has 3 heteroatoms. The summed E-state index contributed by atoms with van der Waals surface area (Å²) >= 11 is 1.87. The van der Waals surface area contributed by atoms with E-state index in [2.05, 4.69) is 41.0 Å². The fourth-order valence-corrected chi connectivity index (χ4v) is 4.64. The molecule has 3 atom stereocenters. The molecule has 0 amide bonds. The molecule has 3 unspecified atom stereocenters. The fourth-order valence-electron chi connectivity index (χ4n) is 3.65. The number of aryl methyl sites for hydroxylation is 1. The van der Waals surface area contributed by atoms with Crippen molar-refractivity contribution >= 4 is 11.3 Å². The van der Waals surface area contributed by atoms with E-state index in [-0.39, 0.29) is 12.1 Å². The quantitative estimate of drug-likeness (QED) is 0.886. The summed E-state index contributed by atoms with van der Waals surface area (Å²) < 4.78 is 0. The van der Waals surface area contributed by atoms with Crippen LogP contribution in [0, 0.1) is 0 Å². The fraction of sp³-hybridized carbons (Fsp3) is 0.412. The van der Waals surface area contributed by atoms with Crippen molar-refractivity contribution in [3.8, 4) is 0 Å². The highest BCUT2D eigenvalue weighted by Gasteiger charge is 2.33. The van der Waals surface area contributed by atoms with E-state index in [0.717, 1.165) is 6.42 Å². The number of benzene rings is 1. The first-order chi connectivity index (χ1) is 9.83. The molecule has 0 radical (unpaired) electrons. The maximum Gasteiger partial charge on any atom is 0.0775 e. The summed E-state index contributed by atoms with van der Waals surface area (Å²) in [6.07, 6.45) is 4.12. The average Bonchev–Trinajstić information content (AvgIpc) is 3.05.